The number of carbonyl (C=O) groups excluding carboxylic acids is 2. The summed E-state index contributed by atoms with van der Waals surface area (Å²) in [5.74, 6) is -0.347. The summed E-state index contributed by atoms with van der Waals surface area (Å²) in [5, 5.41) is 5.45. The average Bonchev–Trinajstić information content (AvgIpc) is 3.39. The molecular formula is C27H34N2O4. The van der Waals surface area contributed by atoms with Crippen LogP contribution in [0.1, 0.15) is 38.7 Å². The van der Waals surface area contributed by atoms with Gasteiger partial charge in [-0.15, -0.1) is 0 Å². The zero-order valence-electron chi connectivity index (χ0n) is 19.6. The second kappa shape index (κ2) is 10.1. The molecule has 33 heavy (non-hydrogen) atoms. The lowest BCUT2D eigenvalue weighted by Gasteiger charge is -2.25. The molecule has 1 aliphatic carbocycles. The van der Waals surface area contributed by atoms with E-state index in [2.05, 4.69) is 47.1 Å². The summed E-state index contributed by atoms with van der Waals surface area (Å²) in [6, 6.07) is 14.2. The van der Waals surface area contributed by atoms with Crippen LogP contribution in [0.15, 0.2) is 55.1 Å². The third-order valence-corrected chi connectivity index (χ3v) is 7.07. The van der Waals surface area contributed by atoms with Crippen LogP contribution in [0.2, 0.25) is 0 Å². The van der Waals surface area contributed by atoms with Gasteiger partial charge in [-0.05, 0) is 41.6 Å². The number of nitrogens with one attached hydrogen (secondary N) is 1. The van der Waals surface area contributed by atoms with E-state index < -0.39 is 5.54 Å². The Bertz CT molecular complexity index is 1020. The Labute approximate surface area is 195 Å². The zero-order chi connectivity index (χ0) is 23.4. The van der Waals surface area contributed by atoms with Gasteiger partial charge >= 0.3 is 5.97 Å². The number of likely N-dealkylation sites (N-methyl/N-ethyl adjacent to an activating group) is 1. The van der Waals surface area contributed by atoms with Crippen LogP contribution in [0, 0.1) is 5.92 Å². The van der Waals surface area contributed by atoms with Gasteiger partial charge in [0.15, 0.2) is 0 Å². The van der Waals surface area contributed by atoms with Gasteiger partial charge in [0, 0.05) is 6.54 Å². The van der Waals surface area contributed by atoms with Crippen molar-refractivity contribution in [3.63, 3.8) is 0 Å². The molecule has 1 aliphatic heterocycles. The van der Waals surface area contributed by atoms with E-state index in [9.17, 15) is 9.59 Å². The highest BCUT2D eigenvalue weighted by Crippen LogP contribution is 2.47. The third-order valence-electron chi connectivity index (χ3n) is 7.07. The van der Waals surface area contributed by atoms with Crippen molar-refractivity contribution in [1.82, 2.24) is 10.2 Å². The summed E-state index contributed by atoms with van der Waals surface area (Å²) in [5.41, 5.74) is 0.257. The minimum atomic E-state index is -0.893. The number of hydrogen-bond acceptors (Lipinski definition) is 5. The van der Waals surface area contributed by atoms with Gasteiger partial charge in [0.05, 0.1) is 18.8 Å². The smallest absolute Gasteiger partial charge is 0.332 e. The predicted octanol–water partition coefficient (Wildman–Crippen LogP) is 3.83. The lowest BCUT2D eigenvalue weighted by molar-refractivity contribution is -0.149. The molecule has 1 amide bonds. The second-order valence-corrected chi connectivity index (χ2v) is 9.07. The first-order valence-electron chi connectivity index (χ1n) is 11.9. The van der Waals surface area contributed by atoms with E-state index in [0.29, 0.717) is 26.0 Å². The van der Waals surface area contributed by atoms with Crippen LogP contribution in [-0.2, 0) is 25.7 Å². The summed E-state index contributed by atoms with van der Waals surface area (Å²) < 4.78 is 11.6. The Morgan fingerprint density at radius 2 is 2.00 bits per heavy atom. The summed E-state index contributed by atoms with van der Waals surface area (Å²) in [6.45, 7) is 9.79. The first kappa shape index (κ1) is 23.5. The SMILES string of the molecule is C=CCOC(=O)C1(NC(=O)C2CC(OCc3cccc4ccccc34)CN2CC)CC1CC. The number of fused-ring (bicyclic) bond motifs is 1. The maximum absolute atomic E-state index is 13.3. The number of rotatable bonds is 10. The van der Waals surface area contributed by atoms with Gasteiger partial charge < -0.3 is 14.8 Å². The normalized spacial score (nSPS) is 26.8. The fraction of sp³-hybridized carbons (Fsp3) is 0.481. The van der Waals surface area contributed by atoms with Gasteiger partial charge in [-0.1, -0.05) is 75.4 Å². The molecule has 6 nitrogen and oxygen atoms in total. The topological polar surface area (TPSA) is 67.9 Å². The maximum atomic E-state index is 13.3. The number of nitrogens with zero attached hydrogens (tertiary/aromatic N) is 1. The third kappa shape index (κ3) is 4.82. The van der Waals surface area contributed by atoms with Crippen LogP contribution >= 0.6 is 0 Å². The number of ether oxygens (including phenoxy) is 2. The average molecular weight is 451 g/mol. The van der Waals surface area contributed by atoms with Crippen molar-refractivity contribution in [2.45, 2.75) is 57.4 Å². The minimum absolute atomic E-state index is 0.0375. The Kier molecular flexibility index (Phi) is 7.15. The highest BCUT2D eigenvalue weighted by molar-refractivity contribution is 5.93. The monoisotopic (exact) mass is 450 g/mol. The molecular weight excluding hydrogens is 416 g/mol. The summed E-state index contributed by atoms with van der Waals surface area (Å²) in [6.07, 6.45) is 3.57. The molecule has 0 spiro atoms. The Morgan fingerprint density at radius 1 is 1.21 bits per heavy atom. The molecule has 1 heterocycles. The molecule has 6 heteroatoms. The largest absolute Gasteiger partial charge is 0.460 e. The van der Waals surface area contributed by atoms with Gasteiger partial charge in [0.2, 0.25) is 5.91 Å². The highest BCUT2D eigenvalue weighted by atomic mass is 16.5. The molecule has 1 saturated carbocycles. The predicted molar refractivity (Wildman–Crippen MR) is 129 cm³/mol. The van der Waals surface area contributed by atoms with E-state index in [4.69, 9.17) is 9.47 Å². The summed E-state index contributed by atoms with van der Waals surface area (Å²) in [4.78, 5) is 28.1. The van der Waals surface area contributed by atoms with Gasteiger partial charge in [-0.3, -0.25) is 9.69 Å². The molecule has 4 unspecified atom stereocenters. The number of amides is 1. The summed E-state index contributed by atoms with van der Waals surface area (Å²) in [7, 11) is 0. The van der Waals surface area contributed by atoms with Crippen LogP contribution < -0.4 is 5.32 Å². The number of hydrogen-bond donors (Lipinski definition) is 1. The van der Waals surface area contributed by atoms with Gasteiger partial charge in [0.25, 0.3) is 0 Å². The minimum Gasteiger partial charge on any atom is -0.460 e. The van der Waals surface area contributed by atoms with E-state index >= 15 is 0 Å². The molecule has 2 aromatic carbocycles. The zero-order valence-corrected chi connectivity index (χ0v) is 19.6. The molecule has 4 rings (SSSR count). The van der Waals surface area contributed by atoms with E-state index in [1.165, 1.54) is 10.8 Å². The van der Waals surface area contributed by atoms with Crippen LogP contribution in [0.5, 0.6) is 0 Å². The standard InChI is InChI=1S/C27H34N2O4/c1-4-14-32-26(31)27(16-21(27)5-2)28-25(30)24-15-22(17-29(24)6-3)33-18-20-12-9-11-19-10-7-8-13-23(19)20/h4,7-13,21-22,24H,1,5-6,14-18H2,2-3H3,(H,28,30). The van der Waals surface area contributed by atoms with Crippen molar-refractivity contribution in [2.24, 2.45) is 5.92 Å². The van der Waals surface area contributed by atoms with E-state index in [1.54, 1.807) is 6.08 Å². The number of esters is 1. The van der Waals surface area contributed by atoms with E-state index in [0.717, 1.165) is 18.5 Å². The molecule has 0 bridgehead atoms. The fourth-order valence-electron chi connectivity index (χ4n) is 5.07. The van der Waals surface area contributed by atoms with Gasteiger partial charge in [0.1, 0.15) is 12.1 Å². The first-order chi connectivity index (χ1) is 16.0. The Balaban J connectivity index is 1.39. The molecule has 1 N–H and O–H groups in total. The quantitative estimate of drug-likeness (QED) is 0.440. The molecule has 0 aromatic heterocycles. The molecule has 4 atom stereocenters. The number of likely N-dealkylation sites (tertiary alicyclic amines) is 1. The second-order valence-electron chi connectivity index (χ2n) is 9.07. The van der Waals surface area contributed by atoms with E-state index in [1.807, 2.05) is 26.0 Å². The summed E-state index contributed by atoms with van der Waals surface area (Å²) >= 11 is 0. The van der Waals surface area contributed by atoms with Crippen LogP contribution in [0.3, 0.4) is 0 Å². The fourth-order valence-corrected chi connectivity index (χ4v) is 5.07. The lowest BCUT2D eigenvalue weighted by atomic mass is 10.1. The van der Waals surface area contributed by atoms with Crippen molar-refractivity contribution in [3.8, 4) is 0 Å². The number of carbonyl (C=O) groups is 2. The first-order valence-corrected chi connectivity index (χ1v) is 11.9. The lowest BCUT2D eigenvalue weighted by Crippen LogP contribution is -2.52. The molecule has 176 valence electrons. The van der Waals surface area contributed by atoms with Crippen LogP contribution in [0.4, 0.5) is 0 Å². The Hall–Kier alpha value is -2.70. The Morgan fingerprint density at radius 3 is 2.73 bits per heavy atom. The van der Waals surface area contributed by atoms with Crippen LogP contribution in [-0.4, -0.2) is 54.2 Å². The number of benzene rings is 2. The molecule has 2 aromatic rings. The maximum Gasteiger partial charge on any atom is 0.332 e. The molecule has 1 saturated heterocycles. The molecule has 2 fully saturated rings. The van der Waals surface area contributed by atoms with Crippen molar-refractivity contribution >= 4 is 22.6 Å². The van der Waals surface area contributed by atoms with Crippen LogP contribution in [0.25, 0.3) is 10.8 Å². The van der Waals surface area contributed by atoms with Crippen molar-refractivity contribution in [1.29, 1.82) is 0 Å². The van der Waals surface area contributed by atoms with Gasteiger partial charge in [-0.25, -0.2) is 4.79 Å². The van der Waals surface area contributed by atoms with E-state index in [-0.39, 0.29) is 36.5 Å². The van der Waals surface area contributed by atoms with Crippen molar-refractivity contribution in [2.75, 3.05) is 19.7 Å². The highest BCUT2D eigenvalue weighted by Gasteiger charge is 2.62. The van der Waals surface area contributed by atoms with Crippen molar-refractivity contribution in [3.05, 3.63) is 60.7 Å². The van der Waals surface area contributed by atoms with Crippen molar-refractivity contribution < 1.29 is 19.1 Å². The van der Waals surface area contributed by atoms with Gasteiger partial charge in [-0.2, -0.15) is 0 Å². The molecule has 0 radical (unpaired) electrons. The molecule has 2 aliphatic rings.